The monoisotopic (exact) mass is 413 g/mol. The second kappa shape index (κ2) is 7.75. The SMILES string of the molecule is CN=NC(=Nc1ccccc1C(F)(F)F)SC1C=Cc2c3c(ccc2=C1)=NC=N3. The van der Waals surface area contributed by atoms with Gasteiger partial charge in [-0.05, 0) is 23.4 Å². The lowest BCUT2D eigenvalue weighted by Gasteiger charge is -2.13. The summed E-state index contributed by atoms with van der Waals surface area (Å²) in [7, 11) is 1.45. The van der Waals surface area contributed by atoms with Crippen molar-refractivity contribution in [2.75, 3.05) is 7.05 Å². The summed E-state index contributed by atoms with van der Waals surface area (Å²) >= 11 is 1.22. The highest BCUT2D eigenvalue weighted by Crippen LogP contribution is 2.37. The van der Waals surface area contributed by atoms with Gasteiger partial charge in [0.1, 0.15) is 6.34 Å². The molecule has 1 heterocycles. The average molecular weight is 413 g/mol. The molecule has 2 aliphatic rings. The van der Waals surface area contributed by atoms with Crippen LogP contribution in [0.5, 0.6) is 0 Å². The number of thioether (sulfide) groups is 1. The van der Waals surface area contributed by atoms with E-state index in [0.29, 0.717) is 0 Å². The molecule has 5 nitrogen and oxygen atoms in total. The molecule has 0 N–H and O–H groups in total. The van der Waals surface area contributed by atoms with E-state index in [0.717, 1.165) is 27.9 Å². The van der Waals surface area contributed by atoms with Gasteiger partial charge in [0.15, 0.2) is 0 Å². The Hall–Kier alpha value is -3.07. The molecule has 2 aromatic rings. The molecule has 0 saturated carbocycles. The summed E-state index contributed by atoms with van der Waals surface area (Å²) in [5.41, 5.74) is 0.786. The maximum atomic E-state index is 13.3. The molecule has 146 valence electrons. The van der Waals surface area contributed by atoms with Gasteiger partial charge in [0.05, 0.1) is 22.3 Å². The number of rotatable bonds is 2. The van der Waals surface area contributed by atoms with Gasteiger partial charge >= 0.3 is 6.18 Å². The standard InChI is InChI=1S/C20H14F3N5S/c1-24-28-19(27-16-5-3-2-4-15(16)20(21,22)23)29-13-7-8-14-12(10-13)6-9-17-18(14)26-11-25-17/h2-11,13H,1H3. The number of aliphatic imine (C=N–C) groups is 2. The lowest BCUT2D eigenvalue weighted by atomic mass is 10.0. The molecule has 2 aromatic carbocycles. The van der Waals surface area contributed by atoms with Gasteiger partial charge in [0, 0.05) is 17.9 Å². The first kappa shape index (κ1) is 19.3. The number of hydrogen-bond donors (Lipinski definition) is 0. The Balaban J connectivity index is 1.67. The molecule has 9 heteroatoms. The van der Waals surface area contributed by atoms with Crippen LogP contribution in [-0.2, 0) is 6.18 Å². The van der Waals surface area contributed by atoms with Crippen LogP contribution in [0, 0.1) is 0 Å². The van der Waals surface area contributed by atoms with E-state index in [1.165, 1.54) is 43.3 Å². The van der Waals surface area contributed by atoms with Crippen LogP contribution in [0.2, 0.25) is 0 Å². The van der Waals surface area contributed by atoms with Crippen LogP contribution >= 0.6 is 11.8 Å². The van der Waals surface area contributed by atoms with E-state index in [-0.39, 0.29) is 16.1 Å². The van der Waals surface area contributed by atoms with Gasteiger partial charge in [-0.3, -0.25) is 0 Å². The topological polar surface area (TPSA) is 61.8 Å². The fraction of sp³-hybridized carbons (Fsp3) is 0.150. The highest BCUT2D eigenvalue weighted by Gasteiger charge is 2.33. The van der Waals surface area contributed by atoms with Crippen LogP contribution in [0.3, 0.4) is 0 Å². The lowest BCUT2D eigenvalue weighted by Crippen LogP contribution is -2.18. The van der Waals surface area contributed by atoms with E-state index >= 15 is 0 Å². The number of alkyl halides is 3. The van der Waals surface area contributed by atoms with Crippen LogP contribution in [-0.4, -0.2) is 23.8 Å². The van der Waals surface area contributed by atoms with Crippen molar-refractivity contribution < 1.29 is 13.2 Å². The largest absolute Gasteiger partial charge is 0.418 e. The molecule has 4 rings (SSSR count). The molecule has 0 fully saturated rings. The Morgan fingerprint density at radius 1 is 1.14 bits per heavy atom. The zero-order chi connectivity index (χ0) is 20.4. The van der Waals surface area contributed by atoms with Crippen molar-refractivity contribution in [2.24, 2.45) is 25.2 Å². The molecule has 29 heavy (non-hydrogen) atoms. The minimum Gasteiger partial charge on any atom is -0.235 e. The Morgan fingerprint density at radius 3 is 2.76 bits per heavy atom. The number of amidine groups is 1. The third kappa shape index (κ3) is 4.04. The number of azo groups is 1. The first-order valence-corrected chi connectivity index (χ1v) is 9.48. The maximum Gasteiger partial charge on any atom is 0.418 e. The minimum atomic E-state index is -4.50. The first-order chi connectivity index (χ1) is 14.0. The van der Waals surface area contributed by atoms with E-state index in [1.807, 2.05) is 30.4 Å². The van der Waals surface area contributed by atoms with E-state index in [2.05, 4.69) is 25.2 Å². The molecule has 0 bridgehead atoms. The van der Waals surface area contributed by atoms with Gasteiger partial charge in [0.2, 0.25) is 5.17 Å². The zero-order valence-corrected chi connectivity index (χ0v) is 15.9. The average Bonchev–Trinajstić information content (AvgIpc) is 3.17. The number of nitrogens with zero attached hydrogens (tertiary/aromatic N) is 5. The van der Waals surface area contributed by atoms with Gasteiger partial charge in [-0.15, -0.1) is 5.11 Å². The number of benzene rings is 2. The van der Waals surface area contributed by atoms with E-state index < -0.39 is 11.7 Å². The molecule has 0 radical (unpaired) electrons. The summed E-state index contributed by atoms with van der Waals surface area (Å²) in [4.78, 5) is 12.6. The molecular weight excluding hydrogens is 399 g/mol. The smallest absolute Gasteiger partial charge is 0.235 e. The van der Waals surface area contributed by atoms with Crippen molar-refractivity contribution in [3.05, 3.63) is 64.2 Å². The summed E-state index contributed by atoms with van der Waals surface area (Å²) < 4.78 is 39.8. The molecule has 0 amide bonds. The van der Waals surface area contributed by atoms with E-state index in [4.69, 9.17) is 0 Å². The van der Waals surface area contributed by atoms with Gasteiger partial charge < -0.3 is 0 Å². The first-order valence-electron chi connectivity index (χ1n) is 8.60. The molecular formula is C20H14F3N5S. The van der Waals surface area contributed by atoms with Crippen LogP contribution in [0.1, 0.15) is 11.1 Å². The second-order valence-electron chi connectivity index (χ2n) is 6.13. The predicted molar refractivity (Wildman–Crippen MR) is 110 cm³/mol. The van der Waals surface area contributed by atoms with Crippen molar-refractivity contribution in [1.29, 1.82) is 0 Å². The van der Waals surface area contributed by atoms with Crippen LogP contribution in [0.25, 0.3) is 12.2 Å². The predicted octanol–water partition coefficient (Wildman–Crippen LogP) is 4.68. The van der Waals surface area contributed by atoms with E-state index in [9.17, 15) is 13.2 Å². The Kier molecular flexibility index (Phi) is 5.14. The molecule has 1 atom stereocenters. The zero-order valence-electron chi connectivity index (χ0n) is 15.1. The number of hydrogen-bond acceptors (Lipinski definition) is 5. The van der Waals surface area contributed by atoms with Crippen molar-refractivity contribution in [3.63, 3.8) is 0 Å². The summed E-state index contributed by atoms with van der Waals surface area (Å²) in [5.74, 6) is 0. The summed E-state index contributed by atoms with van der Waals surface area (Å²) in [6.45, 7) is 0. The van der Waals surface area contributed by atoms with Gasteiger partial charge in [0.25, 0.3) is 0 Å². The van der Waals surface area contributed by atoms with Crippen molar-refractivity contribution >= 4 is 46.8 Å². The van der Waals surface area contributed by atoms with E-state index in [1.54, 1.807) is 0 Å². The van der Waals surface area contributed by atoms with Crippen LogP contribution in [0.4, 0.5) is 24.5 Å². The highest BCUT2D eigenvalue weighted by molar-refractivity contribution is 8.14. The Labute approximate surface area is 168 Å². The van der Waals surface area contributed by atoms with Gasteiger partial charge in [-0.2, -0.15) is 18.3 Å². The maximum absolute atomic E-state index is 13.3. The number of halogens is 3. The van der Waals surface area contributed by atoms with Crippen molar-refractivity contribution in [1.82, 2.24) is 0 Å². The van der Waals surface area contributed by atoms with Crippen molar-refractivity contribution in [3.8, 4) is 0 Å². The lowest BCUT2D eigenvalue weighted by molar-refractivity contribution is -0.137. The fourth-order valence-electron chi connectivity index (χ4n) is 3.01. The van der Waals surface area contributed by atoms with Crippen molar-refractivity contribution in [2.45, 2.75) is 11.4 Å². The molecule has 1 unspecified atom stereocenters. The normalized spacial score (nSPS) is 17.8. The number of fused-ring (bicyclic) bond motifs is 3. The Morgan fingerprint density at radius 2 is 1.97 bits per heavy atom. The third-order valence-electron chi connectivity index (χ3n) is 4.26. The van der Waals surface area contributed by atoms with Gasteiger partial charge in [-0.25, -0.2) is 15.0 Å². The molecule has 0 spiro atoms. The van der Waals surface area contributed by atoms with Crippen LogP contribution < -0.4 is 10.6 Å². The summed E-state index contributed by atoms with van der Waals surface area (Å²) in [5, 5.41) is 9.41. The van der Waals surface area contributed by atoms with Gasteiger partial charge in [-0.1, -0.05) is 48.2 Å². The molecule has 0 aromatic heterocycles. The second-order valence-corrected chi connectivity index (χ2v) is 7.27. The highest BCUT2D eigenvalue weighted by atomic mass is 32.2. The van der Waals surface area contributed by atoms with Crippen LogP contribution in [0.15, 0.2) is 67.7 Å². The number of para-hydroxylation sites is 1. The quantitative estimate of drug-likeness (QED) is 0.401. The fourth-order valence-corrected chi connectivity index (χ4v) is 3.91. The molecule has 1 aliphatic carbocycles. The minimum absolute atomic E-state index is 0.146. The Bertz CT molecular complexity index is 1200. The molecule has 1 aliphatic heterocycles. The summed E-state index contributed by atoms with van der Waals surface area (Å²) in [6, 6.07) is 8.99. The molecule has 0 saturated heterocycles. The summed E-state index contributed by atoms with van der Waals surface area (Å²) in [6.07, 6.45) is 2.88. The third-order valence-corrected chi connectivity index (χ3v) is 5.21.